The first-order chi connectivity index (χ1) is 10.5. The van der Waals surface area contributed by atoms with Gasteiger partial charge in [0.05, 0.1) is 12.3 Å². The fraction of sp³-hybridized carbons (Fsp3) is 0.467. The van der Waals surface area contributed by atoms with Crippen LogP contribution in [0.15, 0.2) is 18.2 Å². The highest BCUT2D eigenvalue weighted by molar-refractivity contribution is 6.39. The van der Waals surface area contributed by atoms with E-state index < -0.39 is 23.4 Å². The monoisotopic (exact) mass is 314 g/mol. The lowest BCUT2D eigenvalue weighted by molar-refractivity contribution is -0.143. The summed E-state index contributed by atoms with van der Waals surface area (Å²) >= 11 is 0. The molecule has 0 unspecified atom stereocenters. The van der Waals surface area contributed by atoms with Gasteiger partial charge in [-0.1, -0.05) is 19.8 Å². The summed E-state index contributed by atoms with van der Waals surface area (Å²) in [6.07, 6.45) is 2.55. The lowest BCUT2D eigenvalue weighted by Gasteiger charge is -2.21. The van der Waals surface area contributed by atoms with Gasteiger partial charge in [-0.05, 0) is 18.6 Å². The fourth-order valence-corrected chi connectivity index (χ4v) is 1.90. The number of aliphatic hydroxyl groups excluding tert-OH is 1. The molecule has 0 aliphatic rings. The molecule has 2 amide bonds. The molecule has 0 heterocycles. The Morgan fingerprint density at radius 2 is 1.95 bits per heavy atom. The molecule has 0 spiro atoms. The fourth-order valence-electron chi connectivity index (χ4n) is 1.90. The van der Waals surface area contributed by atoms with Crippen LogP contribution in [0.3, 0.4) is 0 Å². The molecule has 5 nitrogen and oxygen atoms in total. The van der Waals surface area contributed by atoms with Crippen molar-refractivity contribution in [3.63, 3.8) is 0 Å². The van der Waals surface area contributed by atoms with Crippen LogP contribution in [0, 0.1) is 11.6 Å². The molecule has 0 fully saturated rings. The number of benzene rings is 1. The molecule has 0 radical (unpaired) electrons. The smallest absolute Gasteiger partial charge is 0.313 e. The van der Waals surface area contributed by atoms with Crippen molar-refractivity contribution in [3.8, 4) is 0 Å². The highest BCUT2D eigenvalue weighted by atomic mass is 19.1. The van der Waals surface area contributed by atoms with Crippen molar-refractivity contribution in [2.75, 3.05) is 25.0 Å². The molecule has 0 atom stereocenters. The van der Waals surface area contributed by atoms with E-state index in [0.29, 0.717) is 19.0 Å². The van der Waals surface area contributed by atoms with E-state index in [1.807, 2.05) is 6.92 Å². The second kappa shape index (κ2) is 9.09. The normalized spacial score (nSPS) is 10.4. The minimum absolute atomic E-state index is 0.0296. The van der Waals surface area contributed by atoms with Crippen molar-refractivity contribution in [2.24, 2.45) is 0 Å². The van der Waals surface area contributed by atoms with Gasteiger partial charge in [0.25, 0.3) is 0 Å². The van der Waals surface area contributed by atoms with Gasteiger partial charge in [-0.15, -0.1) is 0 Å². The molecular formula is C15H20F2N2O3. The van der Waals surface area contributed by atoms with Gasteiger partial charge >= 0.3 is 11.8 Å². The SMILES string of the molecule is CCCCCN(CCO)C(=O)C(=O)Nc1ccc(F)cc1F. The number of amides is 2. The summed E-state index contributed by atoms with van der Waals surface area (Å²) < 4.78 is 26.2. The standard InChI is InChI=1S/C15H20F2N2O3/c1-2-3-4-7-19(8-9-20)15(22)14(21)18-13-6-5-11(16)10-12(13)17/h5-6,10,20H,2-4,7-9H2,1H3,(H,18,21). The molecule has 1 rings (SSSR count). The van der Waals surface area contributed by atoms with Gasteiger partial charge in [-0.2, -0.15) is 0 Å². The number of nitrogens with zero attached hydrogens (tertiary/aromatic N) is 1. The van der Waals surface area contributed by atoms with Crippen LogP contribution in [0.4, 0.5) is 14.5 Å². The quantitative estimate of drug-likeness (QED) is 0.597. The second-order valence-corrected chi connectivity index (χ2v) is 4.80. The Bertz CT molecular complexity index is 524. The Hall–Kier alpha value is -2.02. The molecule has 1 aromatic rings. The number of unbranched alkanes of at least 4 members (excludes halogenated alkanes) is 2. The Balaban J connectivity index is 2.69. The second-order valence-electron chi connectivity index (χ2n) is 4.80. The van der Waals surface area contributed by atoms with Crippen molar-refractivity contribution in [2.45, 2.75) is 26.2 Å². The first-order valence-electron chi connectivity index (χ1n) is 7.15. The summed E-state index contributed by atoms with van der Waals surface area (Å²) in [5.74, 6) is -3.60. The number of anilines is 1. The van der Waals surface area contributed by atoms with Crippen LogP contribution in [-0.2, 0) is 9.59 Å². The average molecular weight is 314 g/mol. The predicted octanol–water partition coefficient (Wildman–Crippen LogP) is 1.91. The van der Waals surface area contributed by atoms with Gasteiger partial charge in [0.2, 0.25) is 0 Å². The maximum atomic E-state index is 13.5. The van der Waals surface area contributed by atoms with Gasteiger partial charge in [0.15, 0.2) is 0 Å². The molecule has 7 heteroatoms. The summed E-state index contributed by atoms with van der Waals surface area (Å²) in [5, 5.41) is 11.1. The Morgan fingerprint density at radius 3 is 2.55 bits per heavy atom. The van der Waals surface area contributed by atoms with Crippen molar-refractivity contribution >= 4 is 17.5 Å². The summed E-state index contributed by atoms with van der Waals surface area (Å²) in [7, 11) is 0. The zero-order chi connectivity index (χ0) is 16.5. The zero-order valence-electron chi connectivity index (χ0n) is 12.4. The lowest BCUT2D eigenvalue weighted by atomic mass is 10.2. The maximum absolute atomic E-state index is 13.5. The lowest BCUT2D eigenvalue weighted by Crippen LogP contribution is -2.41. The van der Waals surface area contributed by atoms with Crippen molar-refractivity contribution in [1.82, 2.24) is 4.90 Å². The van der Waals surface area contributed by atoms with Crippen LogP contribution in [0.25, 0.3) is 0 Å². The van der Waals surface area contributed by atoms with Crippen LogP contribution < -0.4 is 5.32 Å². The van der Waals surface area contributed by atoms with Gasteiger partial charge in [0.1, 0.15) is 11.6 Å². The minimum Gasteiger partial charge on any atom is -0.395 e. The number of aliphatic hydroxyl groups is 1. The number of hydrogen-bond donors (Lipinski definition) is 2. The summed E-state index contributed by atoms with van der Waals surface area (Å²) in [6.45, 7) is 2.10. The Kier molecular flexibility index (Phi) is 7.45. The number of carbonyl (C=O) groups excluding carboxylic acids is 2. The molecule has 22 heavy (non-hydrogen) atoms. The number of nitrogens with one attached hydrogen (secondary N) is 1. The third-order valence-corrected chi connectivity index (χ3v) is 3.06. The van der Waals surface area contributed by atoms with E-state index in [-0.39, 0.29) is 18.8 Å². The molecule has 0 saturated carbocycles. The number of halogens is 2. The third kappa shape index (κ3) is 5.40. The van der Waals surface area contributed by atoms with Crippen molar-refractivity contribution in [1.29, 1.82) is 0 Å². The molecule has 2 N–H and O–H groups in total. The van der Waals surface area contributed by atoms with Crippen molar-refractivity contribution < 1.29 is 23.5 Å². The van der Waals surface area contributed by atoms with E-state index in [1.54, 1.807) is 0 Å². The van der Waals surface area contributed by atoms with E-state index >= 15 is 0 Å². The van der Waals surface area contributed by atoms with Gasteiger partial charge < -0.3 is 15.3 Å². The highest BCUT2D eigenvalue weighted by Crippen LogP contribution is 2.15. The Morgan fingerprint density at radius 1 is 1.23 bits per heavy atom. The van der Waals surface area contributed by atoms with Gasteiger partial charge in [0, 0.05) is 19.2 Å². The zero-order valence-corrected chi connectivity index (χ0v) is 12.4. The maximum Gasteiger partial charge on any atom is 0.313 e. The van der Waals surface area contributed by atoms with E-state index in [2.05, 4.69) is 5.32 Å². The molecule has 0 aliphatic heterocycles. The van der Waals surface area contributed by atoms with Crippen LogP contribution in [0.1, 0.15) is 26.2 Å². The summed E-state index contributed by atoms with van der Waals surface area (Å²) in [6, 6.07) is 2.64. The summed E-state index contributed by atoms with van der Waals surface area (Å²) in [5.41, 5.74) is -0.266. The highest BCUT2D eigenvalue weighted by Gasteiger charge is 2.22. The number of rotatable bonds is 7. The summed E-state index contributed by atoms with van der Waals surface area (Å²) in [4.78, 5) is 25.1. The predicted molar refractivity (Wildman–Crippen MR) is 78.2 cm³/mol. The first-order valence-corrected chi connectivity index (χ1v) is 7.15. The molecular weight excluding hydrogens is 294 g/mol. The molecule has 122 valence electrons. The Labute approximate surface area is 127 Å². The molecule has 0 bridgehead atoms. The minimum atomic E-state index is -1.02. The first kappa shape index (κ1) is 18.0. The number of carbonyl (C=O) groups is 2. The van der Waals surface area contributed by atoms with Crippen LogP contribution in [0.2, 0.25) is 0 Å². The van der Waals surface area contributed by atoms with E-state index in [1.165, 1.54) is 4.90 Å². The van der Waals surface area contributed by atoms with Crippen molar-refractivity contribution in [3.05, 3.63) is 29.8 Å². The number of hydrogen-bond acceptors (Lipinski definition) is 3. The molecule has 0 aliphatic carbocycles. The molecule has 0 saturated heterocycles. The van der Waals surface area contributed by atoms with E-state index in [9.17, 15) is 18.4 Å². The molecule has 1 aromatic carbocycles. The largest absolute Gasteiger partial charge is 0.395 e. The van der Waals surface area contributed by atoms with Gasteiger partial charge in [-0.3, -0.25) is 9.59 Å². The third-order valence-electron chi connectivity index (χ3n) is 3.06. The van der Waals surface area contributed by atoms with Crippen LogP contribution >= 0.6 is 0 Å². The van der Waals surface area contributed by atoms with Crippen LogP contribution in [-0.4, -0.2) is 41.5 Å². The van der Waals surface area contributed by atoms with Gasteiger partial charge in [-0.25, -0.2) is 8.78 Å². The van der Waals surface area contributed by atoms with E-state index in [4.69, 9.17) is 5.11 Å². The average Bonchev–Trinajstić information content (AvgIpc) is 2.48. The van der Waals surface area contributed by atoms with E-state index in [0.717, 1.165) is 25.0 Å². The molecule has 0 aromatic heterocycles. The van der Waals surface area contributed by atoms with Crippen LogP contribution in [0.5, 0.6) is 0 Å². The topological polar surface area (TPSA) is 69.6 Å².